The first-order valence-electron chi connectivity index (χ1n) is 5.72. The molecule has 0 radical (unpaired) electrons. The number of rotatable bonds is 1. The molecule has 3 nitrogen and oxygen atoms in total. The number of pyridine rings is 1. The molecule has 2 aliphatic heterocycles. The molecule has 0 aliphatic carbocycles. The molecule has 0 amide bonds. The summed E-state index contributed by atoms with van der Waals surface area (Å²) in [6.45, 7) is 4.19. The molecule has 16 heavy (non-hydrogen) atoms. The van der Waals surface area contributed by atoms with E-state index in [9.17, 15) is 0 Å². The molecule has 2 aliphatic rings. The maximum absolute atomic E-state index is 5.42. The van der Waals surface area contributed by atoms with Crippen LogP contribution in [0.4, 0.5) is 5.82 Å². The van der Waals surface area contributed by atoms with E-state index >= 15 is 0 Å². The first-order valence-corrected chi connectivity index (χ1v) is 6.80. The second-order valence-corrected chi connectivity index (χ2v) is 6.05. The van der Waals surface area contributed by atoms with Crippen LogP contribution in [-0.4, -0.2) is 31.3 Å². The third kappa shape index (κ3) is 1.93. The fourth-order valence-electron chi connectivity index (χ4n) is 2.60. The van der Waals surface area contributed by atoms with Crippen molar-refractivity contribution in [2.24, 2.45) is 5.41 Å². The summed E-state index contributed by atoms with van der Waals surface area (Å²) in [6.07, 6.45) is 4.37. The minimum Gasteiger partial charge on any atom is -0.381 e. The van der Waals surface area contributed by atoms with Crippen molar-refractivity contribution in [2.75, 3.05) is 31.2 Å². The predicted octanol–water partition coefficient (Wildman–Crippen LogP) is 2.30. The average Bonchev–Trinajstić information content (AvgIpc) is 2.28. The van der Waals surface area contributed by atoms with Crippen molar-refractivity contribution < 1.29 is 4.74 Å². The van der Waals surface area contributed by atoms with Crippen molar-refractivity contribution in [3.8, 4) is 0 Å². The highest BCUT2D eigenvalue weighted by Gasteiger charge is 2.44. The maximum atomic E-state index is 5.42. The van der Waals surface area contributed by atoms with Crippen LogP contribution in [0.2, 0.25) is 0 Å². The van der Waals surface area contributed by atoms with Crippen LogP contribution in [0.3, 0.4) is 0 Å². The van der Waals surface area contributed by atoms with Crippen LogP contribution in [0.25, 0.3) is 0 Å². The maximum Gasteiger partial charge on any atom is 0.128 e. The van der Waals surface area contributed by atoms with Gasteiger partial charge in [-0.25, -0.2) is 4.98 Å². The lowest BCUT2D eigenvalue weighted by atomic mass is 9.73. The summed E-state index contributed by atoms with van der Waals surface area (Å²) in [5.74, 6) is 1.12. The van der Waals surface area contributed by atoms with Crippen molar-refractivity contribution >= 4 is 28.4 Å². The summed E-state index contributed by atoms with van der Waals surface area (Å²) in [6, 6.07) is 4.24. The molecule has 1 spiro atoms. The van der Waals surface area contributed by atoms with E-state index in [0.717, 1.165) is 32.1 Å². The zero-order chi connectivity index (χ0) is 11.0. The Kier molecular flexibility index (Phi) is 2.79. The largest absolute Gasteiger partial charge is 0.381 e. The topological polar surface area (TPSA) is 25.4 Å². The van der Waals surface area contributed by atoms with Gasteiger partial charge in [0.1, 0.15) is 5.82 Å². The number of ether oxygens (including phenoxy) is 1. The molecule has 0 saturated carbocycles. The van der Waals surface area contributed by atoms with Crippen molar-refractivity contribution in [1.82, 2.24) is 4.98 Å². The molecule has 1 aromatic heterocycles. The summed E-state index contributed by atoms with van der Waals surface area (Å²) in [4.78, 5) is 6.84. The van der Waals surface area contributed by atoms with Gasteiger partial charge in [-0.2, -0.15) is 0 Å². The van der Waals surface area contributed by atoms with Gasteiger partial charge < -0.3 is 9.64 Å². The summed E-state index contributed by atoms with van der Waals surface area (Å²) in [5, 5.41) is 0. The molecule has 0 unspecified atom stereocenters. The van der Waals surface area contributed by atoms with Crippen LogP contribution in [-0.2, 0) is 4.74 Å². The second-order valence-electron chi connectivity index (χ2n) is 4.80. The highest BCUT2D eigenvalue weighted by Crippen LogP contribution is 2.41. The van der Waals surface area contributed by atoms with Crippen LogP contribution in [0.5, 0.6) is 0 Å². The van der Waals surface area contributed by atoms with Gasteiger partial charge in [0.2, 0.25) is 0 Å². The lowest BCUT2D eigenvalue weighted by molar-refractivity contribution is -0.000453. The number of hydrogen-bond acceptors (Lipinski definition) is 3. The highest BCUT2D eigenvalue weighted by molar-refractivity contribution is 14.1. The smallest absolute Gasteiger partial charge is 0.128 e. The molecule has 4 heteroatoms. The van der Waals surface area contributed by atoms with Crippen LogP contribution in [0.15, 0.2) is 18.3 Å². The molecule has 0 bridgehead atoms. The number of aromatic nitrogens is 1. The second kappa shape index (κ2) is 4.14. The molecular weight excluding hydrogens is 315 g/mol. The zero-order valence-corrected chi connectivity index (χ0v) is 11.3. The Morgan fingerprint density at radius 1 is 1.25 bits per heavy atom. The Labute approximate surface area is 109 Å². The van der Waals surface area contributed by atoms with Gasteiger partial charge in [0, 0.05) is 41.5 Å². The van der Waals surface area contributed by atoms with E-state index in [0.29, 0.717) is 5.41 Å². The van der Waals surface area contributed by atoms with E-state index in [2.05, 4.69) is 44.6 Å². The van der Waals surface area contributed by atoms with Crippen LogP contribution in [0, 0.1) is 8.99 Å². The fraction of sp³-hybridized carbons (Fsp3) is 0.583. The van der Waals surface area contributed by atoms with Gasteiger partial charge in [0.05, 0.1) is 0 Å². The van der Waals surface area contributed by atoms with Gasteiger partial charge in [-0.1, -0.05) is 0 Å². The van der Waals surface area contributed by atoms with Gasteiger partial charge >= 0.3 is 0 Å². The number of hydrogen-bond donors (Lipinski definition) is 0. The minimum atomic E-state index is 0.531. The molecule has 2 saturated heterocycles. The summed E-state index contributed by atoms with van der Waals surface area (Å²) >= 11 is 2.29. The normalized spacial score (nSPS) is 23.2. The third-order valence-electron chi connectivity index (χ3n) is 3.64. The van der Waals surface area contributed by atoms with E-state index in [1.165, 1.54) is 16.4 Å². The molecule has 2 fully saturated rings. The van der Waals surface area contributed by atoms with Gasteiger partial charge in [0.15, 0.2) is 0 Å². The molecule has 1 aromatic rings. The van der Waals surface area contributed by atoms with Crippen molar-refractivity contribution in [3.63, 3.8) is 0 Å². The Hall–Kier alpha value is -0.360. The Morgan fingerprint density at radius 2 is 2.00 bits per heavy atom. The molecule has 0 N–H and O–H groups in total. The predicted molar refractivity (Wildman–Crippen MR) is 71.7 cm³/mol. The molecule has 3 heterocycles. The summed E-state index contributed by atoms with van der Waals surface area (Å²) < 4.78 is 6.62. The monoisotopic (exact) mass is 330 g/mol. The van der Waals surface area contributed by atoms with Crippen molar-refractivity contribution in [3.05, 3.63) is 21.9 Å². The first-order chi connectivity index (χ1) is 7.77. The molecular formula is C12H15IN2O. The van der Waals surface area contributed by atoms with Gasteiger partial charge in [-0.05, 0) is 47.6 Å². The molecule has 86 valence electrons. The summed E-state index contributed by atoms with van der Waals surface area (Å²) in [7, 11) is 0. The van der Waals surface area contributed by atoms with E-state index in [1.54, 1.807) is 0 Å². The van der Waals surface area contributed by atoms with Gasteiger partial charge in [-0.3, -0.25) is 0 Å². The van der Waals surface area contributed by atoms with Crippen molar-refractivity contribution in [1.29, 1.82) is 0 Å². The van der Waals surface area contributed by atoms with E-state index in [4.69, 9.17) is 4.74 Å². The van der Waals surface area contributed by atoms with E-state index in [1.807, 2.05) is 6.20 Å². The van der Waals surface area contributed by atoms with Crippen LogP contribution < -0.4 is 4.90 Å². The Bertz CT molecular complexity index is 365. The highest BCUT2D eigenvalue weighted by atomic mass is 127. The Balaban J connectivity index is 1.66. The van der Waals surface area contributed by atoms with Crippen LogP contribution >= 0.6 is 22.6 Å². The Morgan fingerprint density at radius 3 is 2.62 bits per heavy atom. The minimum absolute atomic E-state index is 0.531. The number of halogens is 1. The zero-order valence-electron chi connectivity index (χ0n) is 9.16. The molecule has 0 atom stereocenters. The summed E-state index contributed by atoms with van der Waals surface area (Å²) in [5.41, 5.74) is 0.531. The lowest BCUT2D eigenvalue weighted by Crippen LogP contribution is -2.58. The SMILES string of the molecule is Ic1ccc(N2CC3(CCOCC3)C2)nc1. The fourth-order valence-corrected chi connectivity index (χ4v) is 2.92. The average molecular weight is 330 g/mol. The van der Waals surface area contributed by atoms with E-state index in [-0.39, 0.29) is 0 Å². The van der Waals surface area contributed by atoms with Crippen LogP contribution in [0.1, 0.15) is 12.8 Å². The standard InChI is InChI=1S/C12H15IN2O/c13-10-1-2-11(14-7-10)15-8-12(9-15)3-5-16-6-4-12/h1-2,7H,3-6,8-9H2. The molecule has 0 aromatic carbocycles. The van der Waals surface area contributed by atoms with Crippen molar-refractivity contribution in [2.45, 2.75) is 12.8 Å². The first kappa shape index (κ1) is 10.8. The van der Waals surface area contributed by atoms with Gasteiger partial charge in [-0.15, -0.1) is 0 Å². The third-order valence-corrected chi connectivity index (χ3v) is 4.28. The molecule has 3 rings (SSSR count). The number of anilines is 1. The number of nitrogens with zero attached hydrogens (tertiary/aromatic N) is 2. The van der Waals surface area contributed by atoms with Gasteiger partial charge in [0.25, 0.3) is 0 Å². The van der Waals surface area contributed by atoms with E-state index < -0.39 is 0 Å². The lowest BCUT2D eigenvalue weighted by Gasteiger charge is -2.52. The quantitative estimate of drug-likeness (QED) is 0.739.